The lowest BCUT2D eigenvalue weighted by Gasteiger charge is -2.15. The van der Waals surface area contributed by atoms with E-state index >= 15 is 0 Å². The van der Waals surface area contributed by atoms with Crippen molar-refractivity contribution in [3.8, 4) is 0 Å². The van der Waals surface area contributed by atoms with Crippen molar-refractivity contribution in [2.24, 2.45) is 0 Å². The summed E-state index contributed by atoms with van der Waals surface area (Å²) in [6.45, 7) is 6.92. The maximum atomic E-state index is 3.46. The maximum absolute atomic E-state index is 3.46. The van der Waals surface area contributed by atoms with E-state index in [-0.39, 0.29) is 0 Å². The van der Waals surface area contributed by atoms with Crippen molar-refractivity contribution in [1.29, 1.82) is 0 Å². The van der Waals surface area contributed by atoms with Gasteiger partial charge in [0.2, 0.25) is 0 Å². The van der Waals surface area contributed by atoms with E-state index in [1.165, 1.54) is 51.6 Å². The minimum Gasteiger partial charge on any atom is -0.315 e. The Bertz CT molecular complexity index is 153. The van der Waals surface area contributed by atoms with Crippen LogP contribution in [0.2, 0.25) is 0 Å². The summed E-state index contributed by atoms with van der Waals surface area (Å²) in [5.41, 5.74) is 0. The first-order valence-electron chi connectivity index (χ1n) is 6.64. The lowest BCUT2D eigenvalue weighted by Crippen LogP contribution is -2.23. The van der Waals surface area contributed by atoms with E-state index in [4.69, 9.17) is 0 Å². The van der Waals surface area contributed by atoms with Crippen molar-refractivity contribution in [1.82, 2.24) is 10.2 Å². The molecule has 15 heavy (non-hydrogen) atoms. The van der Waals surface area contributed by atoms with Crippen molar-refractivity contribution in [2.75, 3.05) is 20.1 Å². The molecule has 0 aliphatic heterocycles. The fourth-order valence-corrected chi connectivity index (χ4v) is 1.93. The molecular formula is C13H28N2. The fraction of sp³-hybridized carbons (Fsp3) is 1.00. The molecule has 1 N–H and O–H groups in total. The SMILES string of the molecule is CC(C)NCCCCCCN(C)C1CC1. The van der Waals surface area contributed by atoms with Crippen LogP contribution in [0.3, 0.4) is 0 Å². The lowest BCUT2D eigenvalue weighted by molar-refractivity contribution is 0.314. The first-order valence-corrected chi connectivity index (χ1v) is 6.64. The molecule has 0 radical (unpaired) electrons. The van der Waals surface area contributed by atoms with Crippen LogP contribution in [-0.4, -0.2) is 37.1 Å². The van der Waals surface area contributed by atoms with Crippen LogP contribution in [0.25, 0.3) is 0 Å². The smallest absolute Gasteiger partial charge is 0.00933 e. The molecule has 90 valence electrons. The van der Waals surface area contributed by atoms with E-state index < -0.39 is 0 Å². The molecule has 0 heterocycles. The average Bonchev–Trinajstić information content (AvgIpc) is 2.98. The van der Waals surface area contributed by atoms with Gasteiger partial charge in [-0.3, -0.25) is 0 Å². The van der Waals surface area contributed by atoms with Crippen LogP contribution < -0.4 is 5.32 Å². The minimum absolute atomic E-state index is 0.644. The first-order chi connectivity index (χ1) is 7.20. The quantitative estimate of drug-likeness (QED) is 0.591. The van der Waals surface area contributed by atoms with Gasteiger partial charge in [-0.25, -0.2) is 0 Å². The van der Waals surface area contributed by atoms with E-state index in [9.17, 15) is 0 Å². The van der Waals surface area contributed by atoms with Gasteiger partial charge >= 0.3 is 0 Å². The topological polar surface area (TPSA) is 15.3 Å². The van der Waals surface area contributed by atoms with Gasteiger partial charge in [-0.2, -0.15) is 0 Å². The number of unbranched alkanes of at least 4 members (excludes halogenated alkanes) is 3. The molecule has 0 aromatic carbocycles. The average molecular weight is 212 g/mol. The van der Waals surface area contributed by atoms with E-state index in [0.29, 0.717) is 6.04 Å². The Morgan fingerprint density at radius 3 is 2.40 bits per heavy atom. The molecule has 1 fully saturated rings. The van der Waals surface area contributed by atoms with Gasteiger partial charge in [0.15, 0.2) is 0 Å². The molecule has 2 nitrogen and oxygen atoms in total. The third kappa shape index (κ3) is 6.91. The number of rotatable bonds is 9. The van der Waals surface area contributed by atoms with Crippen molar-refractivity contribution in [3.05, 3.63) is 0 Å². The molecule has 0 aromatic rings. The Balaban J connectivity index is 1.76. The standard InChI is InChI=1S/C13H28N2/c1-12(2)14-10-6-4-5-7-11-15(3)13-8-9-13/h12-14H,4-11H2,1-3H3. The van der Waals surface area contributed by atoms with Gasteiger partial charge in [0.1, 0.15) is 0 Å². The first kappa shape index (κ1) is 13.0. The highest BCUT2D eigenvalue weighted by Gasteiger charge is 2.25. The summed E-state index contributed by atoms with van der Waals surface area (Å²) in [5.74, 6) is 0. The van der Waals surface area contributed by atoms with E-state index in [1.54, 1.807) is 0 Å². The van der Waals surface area contributed by atoms with Crippen molar-refractivity contribution in [2.45, 2.75) is 64.5 Å². The second kappa shape index (κ2) is 7.24. The summed E-state index contributed by atoms with van der Waals surface area (Å²) < 4.78 is 0. The Morgan fingerprint density at radius 2 is 1.80 bits per heavy atom. The number of hydrogen-bond acceptors (Lipinski definition) is 2. The molecule has 1 aliphatic rings. The van der Waals surface area contributed by atoms with E-state index in [1.807, 2.05) is 0 Å². The van der Waals surface area contributed by atoms with Crippen LogP contribution in [0.15, 0.2) is 0 Å². The second-order valence-corrected chi connectivity index (χ2v) is 5.23. The van der Waals surface area contributed by atoms with Crippen LogP contribution >= 0.6 is 0 Å². The van der Waals surface area contributed by atoms with Crippen molar-refractivity contribution >= 4 is 0 Å². The lowest BCUT2D eigenvalue weighted by atomic mass is 10.2. The summed E-state index contributed by atoms with van der Waals surface area (Å²) in [6, 6.07) is 1.58. The van der Waals surface area contributed by atoms with Crippen LogP contribution in [-0.2, 0) is 0 Å². The minimum atomic E-state index is 0.644. The third-order valence-corrected chi connectivity index (χ3v) is 3.16. The third-order valence-electron chi connectivity index (χ3n) is 3.16. The molecule has 1 aliphatic carbocycles. The normalized spacial score (nSPS) is 16.6. The molecule has 0 amide bonds. The highest BCUT2D eigenvalue weighted by Crippen LogP contribution is 2.25. The Kier molecular flexibility index (Phi) is 6.26. The molecule has 0 spiro atoms. The maximum Gasteiger partial charge on any atom is 0.00933 e. The van der Waals surface area contributed by atoms with E-state index in [2.05, 4.69) is 31.1 Å². The zero-order valence-electron chi connectivity index (χ0n) is 10.8. The fourth-order valence-electron chi connectivity index (χ4n) is 1.93. The molecule has 0 aromatic heterocycles. The summed E-state index contributed by atoms with van der Waals surface area (Å²) in [4.78, 5) is 2.53. The van der Waals surface area contributed by atoms with Crippen molar-refractivity contribution < 1.29 is 0 Å². The largest absolute Gasteiger partial charge is 0.315 e. The molecule has 0 atom stereocenters. The molecule has 1 saturated carbocycles. The Labute approximate surface area is 95.4 Å². The van der Waals surface area contributed by atoms with Gasteiger partial charge in [-0.05, 0) is 45.8 Å². The summed E-state index contributed by atoms with van der Waals surface area (Å²) in [6.07, 6.45) is 8.39. The molecule has 0 bridgehead atoms. The van der Waals surface area contributed by atoms with Gasteiger partial charge in [0, 0.05) is 12.1 Å². The van der Waals surface area contributed by atoms with Gasteiger partial charge in [0.25, 0.3) is 0 Å². The van der Waals surface area contributed by atoms with Crippen LogP contribution in [0, 0.1) is 0 Å². The monoisotopic (exact) mass is 212 g/mol. The Hall–Kier alpha value is -0.0800. The van der Waals surface area contributed by atoms with E-state index in [0.717, 1.165) is 6.04 Å². The van der Waals surface area contributed by atoms with Gasteiger partial charge in [-0.15, -0.1) is 0 Å². The molecule has 1 rings (SSSR count). The van der Waals surface area contributed by atoms with Gasteiger partial charge < -0.3 is 10.2 Å². The molecule has 0 saturated heterocycles. The summed E-state index contributed by atoms with van der Waals surface area (Å²) in [5, 5.41) is 3.46. The number of hydrogen-bond donors (Lipinski definition) is 1. The van der Waals surface area contributed by atoms with Gasteiger partial charge in [-0.1, -0.05) is 26.7 Å². The zero-order chi connectivity index (χ0) is 11.1. The predicted octanol–water partition coefficient (Wildman–Crippen LogP) is 2.64. The highest BCUT2D eigenvalue weighted by atomic mass is 15.1. The molecular weight excluding hydrogens is 184 g/mol. The zero-order valence-corrected chi connectivity index (χ0v) is 10.8. The van der Waals surface area contributed by atoms with Gasteiger partial charge in [0.05, 0.1) is 0 Å². The predicted molar refractivity (Wildman–Crippen MR) is 67.3 cm³/mol. The van der Waals surface area contributed by atoms with Crippen LogP contribution in [0.5, 0.6) is 0 Å². The van der Waals surface area contributed by atoms with Crippen LogP contribution in [0.1, 0.15) is 52.4 Å². The number of nitrogens with one attached hydrogen (secondary N) is 1. The second-order valence-electron chi connectivity index (χ2n) is 5.23. The summed E-state index contributed by atoms with van der Waals surface area (Å²) >= 11 is 0. The van der Waals surface area contributed by atoms with Crippen molar-refractivity contribution in [3.63, 3.8) is 0 Å². The van der Waals surface area contributed by atoms with Crippen LogP contribution in [0.4, 0.5) is 0 Å². The molecule has 2 heteroatoms. The summed E-state index contributed by atoms with van der Waals surface area (Å²) in [7, 11) is 2.28. The molecule has 0 unspecified atom stereocenters. The Morgan fingerprint density at radius 1 is 1.13 bits per heavy atom. The number of nitrogens with zero attached hydrogens (tertiary/aromatic N) is 1. The highest BCUT2D eigenvalue weighted by molar-refractivity contribution is 4.82.